The first kappa shape index (κ1) is 19.2. The van der Waals surface area contributed by atoms with E-state index in [0.29, 0.717) is 17.7 Å². The third-order valence-corrected chi connectivity index (χ3v) is 3.36. The maximum atomic E-state index is 11.9. The zero-order valence-electron chi connectivity index (χ0n) is 14.6. The lowest BCUT2D eigenvalue weighted by Gasteiger charge is -2.15. The van der Waals surface area contributed by atoms with Crippen molar-refractivity contribution in [2.45, 2.75) is 46.1 Å². The van der Waals surface area contributed by atoms with Gasteiger partial charge in [0.05, 0.1) is 11.7 Å². The SMILES string of the molecule is CCCCN(C)CCC(=O)Nc1ccc(C(=O)OC(C)C)cc1. The van der Waals surface area contributed by atoms with Gasteiger partial charge < -0.3 is 15.0 Å². The number of amides is 1. The molecule has 0 heterocycles. The van der Waals surface area contributed by atoms with Crippen LogP contribution in [-0.4, -0.2) is 43.0 Å². The zero-order chi connectivity index (χ0) is 17.2. The summed E-state index contributed by atoms with van der Waals surface area (Å²) >= 11 is 0. The van der Waals surface area contributed by atoms with Gasteiger partial charge in [-0.3, -0.25) is 4.79 Å². The minimum atomic E-state index is -0.351. The van der Waals surface area contributed by atoms with E-state index in [1.807, 2.05) is 20.9 Å². The van der Waals surface area contributed by atoms with Gasteiger partial charge in [-0.05, 0) is 58.1 Å². The van der Waals surface area contributed by atoms with E-state index in [0.717, 1.165) is 25.9 Å². The van der Waals surface area contributed by atoms with Crippen molar-refractivity contribution in [2.24, 2.45) is 0 Å². The van der Waals surface area contributed by atoms with Crippen LogP contribution in [0.1, 0.15) is 50.4 Å². The molecule has 0 atom stereocenters. The zero-order valence-corrected chi connectivity index (χ0v) is 14.6. The number of nitrogens with zero attached hydrogens (tertiary/aromatic N) is 1. The van der Waals surface area contributed by atoms with Gasteiger partial charge in [-0.15, -0.1) is 0 Å². The second kappa shape index (κ2) is 10.0. The van der Waals surface area contributed by atoms with Gasteiger partial charge in [-0.25, -0.2) is 4.79 Å². The molecule has 1 rings (SSSR count). The average Bonchev–Trinajstić information content (AvgIpc) is 2.51. The molecule has 0 aromatic heterocycles. The summed E-state index contributed by atoms with van der Waals surface area (Å²) in [5.74, 6) is -0.374. The Balaban J connectivity index is 2.42. The molecule has 128 valence electrons. The molecule has 1 aromatic carbocycles. The van der Waals surface area contributed by atoms with Crippen molar-refractivity contribution < 1.29 is 14.3 Å². The number of esters is 1. The summed E-state index contributed by atoms with van der Waals surface area (Å²) in [7, 11) is 2.03. The van der Waals surface area contributed by atoms with Gasteiger partial charge in [0.25, 0.3) is 0 Å². The number of ether oxygens (including phenoxy) is 1. The number of benzene rings is 1. The van der Waals surface area contributed by atoms with Gasteiger partial charge in [-0.1, -0.05) is 13.3 Å². The molecule has 0 unspecified atom stereocenters. The fraction of sp³-hybridized carbons (Fsp3) is 0.556. The lowest BCUT2D eigenvalue weighted by molar-refractivity contribution is -0.116. The number of rotatable bonds is 9. The summed E-state index contributed by atoms with van der Waals surface area (Å²) < 4.78 is 5.12. The number of hydrogen-bond donors (Lipinski definition) is 1. The monoisotopic (exact) mass is 320 g/mol. The number of nitrogens with one attached hydrogen (secondary N) is 1. The first-order chi connectivity index (χ1) is 10.9. The van der Waals surface area contributed by atoms with Crippen molar-refractivity contribution in [3.8, 4) is 0 Å². The highest BCUT2D eigenvalue weighted by Gasteiger charge is 2.10. The number of carbonyl (C=O) groups is 2. The van der Waals surface area contributed by atoms with Crippen molar-refractivity contribution in [1.29, 1.82) is 0 Å². The molecule has 5 nitrogen and oxygen atoms in total. The lowest BCUT2D eigenvalue weighted by atomic mass is 10.2. The molecule has 0 fully saturated rings. The summed E-state index contributed by atoms with van der Waals surface area (Å²) in [4.78, 5) is 25.8. The molecule has 5 heteroatoms. The highest BCUT2D eigenvalue weighted by atomic mass is 16.5. The number of hydrogen-bond acceptors (Lipinski definition) is 4. The van der Waals surface area contributed by atoms with Crippen LogP contribution in [0, 0.1) is 0 Å². The molecule has 1 N–H and O–H groups in total. The van der Waals surface area contributed by atoms with E-state index in [1.165, 1.54) is 0 Å². The highest BCUT2D eigenvalue weighted by Crippen LogP contribution is 2.11. The highest BCUT2D eigenvalue weighted by molar-refractivity contribution is 5.93. The fourth-order valence-electron chi connectivity index (χ4n) is 2.03. The molecule has 0 saturated carbocycles. The van der Waals surface area contributed by atoms with Crippen molar-refractivity contribution >= 4 is 17.6 Å². The van der Waals surface area contributed by atoms with Crippen LogP contribution in [0.2, 0.25) is 0 Å². The molecule has 0 saturated heterocycles. The van der Waals surface area contributed by atoms with Gasteiger partial charge in [0.2, 0.25) is 5.91 Å². The summed E-state index contributed by atoms with van der Waals surface area (Å²) in [6.07, 6.45) is 2.61. The Bertz CT molecular complexity index is 497. The number of carbonyl (C=O) groups excluding carboxylic acids is 2. The Kier molecular flexibility index (Phi) is 8.33. The Hall–Kier alpha value is -1.88. The summed E-state index contributed by atoms with van der Waals surface area (Å²) in [5.41, 5.74) is 1.17. The van der Waals surface area contributed by atoms with Crippen LogP contribution in [0.25, 0.3) is 0 Å². The summed E-state index contributed by atoms with van der Waals surface area (Å²) in [6.45, 7) is 7.52. The second-order valence-corrected chi connectivity index (χ2v) is 5.99. The second-order valence-electron chi connectivity index (χ2n) is 5.99. The van der Waals surface area contributed by atoms with Crippen LogP contribution >= 0.6 is 0 Å². The quantitative estimate of drug-likeness (QED) is 0.709. The van der Waals surface area contributed by atoms with Crippen LogP contribution in [0.5, 0.6) is 0 Å². The molecule has 0 aliphatic carbocycles. The van der Waals surface area contributed by atoms with Gasteiger partial charge in [0, 0.05) is 18.7 Å². The molecular formula is C18H28N2O3. The van der Waals surface area contributed by atoms with Gasteiger partial charge in [-0.2, -0.15) is 0 Å². The summed E-state index contributed by atoms with van der Waals surface area (Å²) in [5, 5.41) is 2.84. The van der Waals surface area contributed by atoms with E-state index >= 15 is 0 Å². The van der Waals surface area contributed by atoms with E-state index in [9.17, 15) is 9.59 Å². The van der Waals surface area contributed by atoms with Gasteiger partial charge >= 0.3 is 5.97 Å². The van der Waals surface area contributed by atoms with Crippen molar-refractivity contribution in [2.75, 3.05) is 25.5 Å². The Morgan fingerprint density at radius 1 is 1.17 bits per heavy atom. The summed E-state index contributed by atoms with van der Waals surface area (Å²) in [6, 6.07) is 6.76. The van der Waals surface area contributed by atoms with Gasteiger partial charge in [0.1, 0.15) is 0 Å². The lowest BCUT2D eigenvalue weighted by Crippen LogP contribution is -2.25. The minimum Gasteiger partial charge on any atom is -0.459 e. The predicted molar refractivity (Wildman–Crippen MR) is 92.6 cm³/mol. The maximum absolute atomic E-state index is 11.9. The number of anilines is 1. The largest absolute Gasteiger partial charge is 0.459 e. The maximum Gasteiger partial charge on any atom is 0.338 e. The average molecular weight is 320 g/mol. The van der Waals surface area contributed by atoms with E-state index in [2.05, 4.69) is 17.1 Å². The first-order valence-corrected chi connectivity index (χ1v) is 8.21. The van der Waals surface area contributed by atoms with Crippen molar-refractivity contribution in [1.82, 2.24) is 4.90 Å². The first-order valence-electron chi connectivity index (χ1n) is 8.21. The smallest absolute Gasteiger partial charge is 0.338 e. The topological polar surface area (TPSA) is 58.6 Å². The van der Waals surface area contributed by atoms with Crippen molar-refractivity contribution in [3.05, 3.63) is 29.8 Å². The Morgan fingerprint density at radius 3 is 2.39 bits per heavy atom. The Labute approximate surface area is 139 Å². The predicted octanol–water partition coefficient (Wildman–Crippen LogP) is 3.31. The molecular weight excluding hydrogens is 292 g/mol. The van der Waals surface area contributed by atoms with Crippen LogP contribution in [0.3, 0.4) is 0 Å². The fourth-order valence-corrected chi connectivity index (χ4v) is 2.03. The van der Waals surface area contributed by atoms with E-state index in [-0.39, 0.29) is 18.0 Å². The molecule has 0 bridgehead atoms. The molecule has 23 heavy (non-hydrogen) atoms. The van der Waals surface area contributed by atoms with Crippen LogP contribution in [-0.2, 0) is 9.53 Å². The van der Waals surface area contributed by atoms with E-state index in [1.54, 1.807) is 24.3 Å². The van der Waals surface area contributed by atoms with Crippen LogP contribution in [0.15, 0.2) is 24.3 Å². The van der Waals surface area contributed by atoms with E-state index in [4.69, 9.17) is 4.74 Å². The van der Waals surface area contributed by atoms with Crippen LogP contribution < -0.4 is 5.32 Å². The van der Waals surface area contributed by atoms with Gasteiger partial charge in [0.15, 0.2) is 0 Å². The van der Waals surface area contributed by atoms with Crippen molar-refractivity contribution in [3.63, 3.8) is 0 Å². The molecule has 0 aliphatic heterocycles. The van der Waals surface area contributed by atoms with E-state index < -0.39 is 0 Å². The molecule has 0 spiro atoms. The third kappa shape index (κ3) is 7.79. The third-order valence-electron chi connectivity index (χ3n) is 3.36. The molecule has 1 aromatic rings. The standard InChI is InChI=1S/C18H28N2O3/c1-5-6-12-20(4)13-11-17(21)19-16-9-7-15(8-10-16)18(22)23-14(2)3/h7-10,14H,5-6,11-13H2,1-4H3,(H,19,21). The molecule has 0 radical (unpaired) electrons. The molecule has 0 aliphatic rings. The van der Waals surface area contributed by atoms with Crippen LogP contribution in [0.4, 0.5) is 5.69 Å². The Morgan fingerprint density at radius 2 is 1.83 bits per heavy atom. The number of unbranched alkanes of at least 4 members (excludes halogenated alkanes) is 1. The molecule has 1 amide bonds. The normalized spacial score (nSPS) is 10.9. The minimum absolute atomic E-state index is 0.0224.